The fourth-order valence-corrected chi connectivity index (χ4v) is 2.95. The quantitative estimate of drug-likeness (QED) is 0.654. The topological polar surface area (TPSA) is 75.0 Å². The molecule has 0 radical (unpaired) electrons. The van der Waals surface area contributed by atoms with E-state index in [0.29, 0.717) is 24.2 Å². The van der Waals surface area contributed by atoms with Crippen molar-refractivity contribution in [2.75, 3.05) is 12.3 Å². The van der Waals surface area contributed by atoms with Crippen molar-refractivity contribution in [3.05, 3.63) is 54.0 Å². The summed E-state index contributed by atoms with van der Waals surface area (Å²) in [5.74, 6) is 0.178. The number of carbonyl (C=O) groups excluding carboxylic acids is 1. The molecule has 0 saturated heterocycles. The number of hydrogen-bond acceptors (Lipinski definition) is 5. The third-order valence-corrected chi connectivity index (χ3v) is 4.35. The van der Waals surface area contributed by atoms with E-state index < -0.39 is 0 Å². The molecule has 3 rings (SSSR count). The van der Waals surface area contributed by atoms with Gasteiger partial charge in [0.2, 0.25) is 5.91 Å². The van der Waals surface area contributed by atoms with Crippen LogP contribution in [0.1, 0.15) is 12.5 Å². The Morgan fingerprint density at radius 3 is 2.92 bits per heavy atom. The van der Waals surface area contributed by atoms with Crippen LogP contribution >= 0.6 is 11.8 Å². The number of aromatic nitrogens is 3. The smallest absolute Gasteiger partial charge is 0.277 e. The minimum absolute atomic E-state index is 0.0728. The van der Waals surface area contributed by atoms with Gasteiger partial charge in [0.05, 0.1) is 5.75 Å². The Balaban J connectivity index is 1.57. The Hall–Kier alpha value is -2.61. The number of hydrogen-bond donors (Lipinski definition) is 1. The molecule has 2 aromatic heterocycles. The number of amides is 1. The van der Waals surface area contributed by atoms with Gasteiger partial charge in [-0.1, -0.05) is 23.9 Å². The molecule has 25 heavy (non-hydrogen) atoms. The molecule has 6 nitrogen and oxygen atoms in total. The standard InChI is InChI=1S/C17H17FN4O2S/c1-2-22(10-12-5-3-6-13(18)9-12)15(23)11-25-17-21-20-16(24-17)14-7-4-8-19-14/h3-9,19H,2,10-11H2,1H3. The number of nitrogens with one attached hydrogen (secondary N) is 1. The molecule has 130 valence electrons. The minimum Gasteiger partial charge on any atom is -0.410 e. The van der Waals surface area contributed by atoms with Gasteiger partial charge in [-0.15, -0.1) is 10.2 Å². The lowest BCUT2D eigenvalue weighted by atomic mass is 10.2. The van der Waals surface area contributed by atoms with Gasteiger partial charge < -0.3 is 14.3 Å². The molecule has 1 N–H and O–H groups in total. The second-order valence-corrected chi connectivity index (χ2v) is 6.21. The van der Waals surface area contributed by atoms with Crippen molar-refractivity contribution < 1.29 is 13.6 Å². The molecule has 2 heterocycles. The lowest BCUT2D eigenvalue weighted by Gasteiger charge is -2.20. The lowest BCUT2D eigenvalue weighted by Crippen LogP contribution is -2.31. The van der Waals surface area contributed by atoms with E-state index in [1.165, 1.54) is 23.9 Å². The molecule has 0 fully saturated rings. The van der Waals surface area contributed by atoms with E-state index in [4.69, 9.17) is 4.42 Å². The first kappa shape index (κ1) is 17.2. The maximum atomic E-state index is 13.3. The zero-order valence-corrected chi connectivity index (χ0v) is 14.4. The van der Waals surface area contributed by atoms with Gasteiger partial charge in [-0.25, -0.2) is 4.39 Å². The van der Waals surface area contributed by atoms with Gasteiger partial charge in [0.15, 0.2) is 0 Å². The fraction of sp³-hybridized carbons (Fsp3) is 0.235. The van der Waals surface area contributed by atoms with E-state index >= 15 is 0 Å². The molecule has 1 amide bonds. The van der Waals surface area contributed by atoms with Crippen LogP contribution in [0.3, 0.4) is 0 Å². The Bertz CT molecular complexity index is 835. The fourth-order valence-electron chi connectivity index (χ4n) is 2.29. The molecule has 0 saturated carbocycles. The predicted molar refractivity (Wildman–Crippen MR) is 92.3 cm³/mol. The third kappa shape index (κ3) is 4.48. The maximum Gasteiger partial charge on any atom is 0.277 e. The molecular weight excluding hydrogens is 343 g/mol. The predicted octanol–water partition coefficient (Wildman–Crippen LogP) is 3.34. The summed E-state index contributed by atoms with van der Waals surface area (Å²) in [6.45, 7) is 2.79. The molecule has 1 aromatic carbocycles. The molecular formula is C17H17FN4O2S. The third-order valence-electron chi connectivity index (χ3n) is 3.55. The monoisotopic (exact) mass is 360 g/mol. The lowest BCUT2D eigenvalue weighted by molar-refractivity contribution is -0.128. The minimum atomic E-state index is -0.307. The van der Waals surface area contributed by atoms with Crippen LogP contribution in [0.15, 0.2) is 52.2 Å². The summed E-state index contributed by atoms with van der Waals surface area (Å²) in [6.07, 6.45) is 1.77. The van der Waals surface area contributed by atoms with Crippen LogP contribution in [-0.2, 0) is 11.3 Å². The highest BCUT2D eigenvalue weighted by Crippen LogP contribution is 2.22. The first-order chi connectivity index (χ1) is 12.2. The molecule has 0 aliphatic carbocycles. The van der Waals surface area contributed by atoms with Crippen molar-refractivity contribution in [2.24, 2.45) is 0 Å². The first-order valence-electron chi connectivity index (χ1n) is 7.78. The number of nitrogens with zero attached hydrogens (tertiary/aromatic N) is 3. The van der Waals surface area contributed by atoms with E-state index in [1.807, 2.05) is 19.1 Å². The van der Waals surface area contributed by atoms with Crippen LogP contribution in [-0.4, -0.2) is 38.3 Å². The number of rotatable bonds is 7. The number of halogens is 1. The SMILES string of the molecule is CCN(Cc1cccc(F)c1)C(=O)CSc1nnc(-c2ccc[nH]2)o1. The molecule has 0 unspecified atom stereocenters. The molecule has 0 bridgehead atoms. The van der Waals surface area contributed by atoms with E-state index in [9.17, 15) is 9.18 Å². The Morgan fingerprint density at radius 2 is 2.20 bits per heavy atom. The van der Waals surface area contributed by atoms with Crippen molar-refractivity contribution in [1.82, 2.24) is 20.1 Å². The zero-order chi connectivity index (χ0) is 17.6. The maximum absolute atomic E-state index is 13.3. The number of thioether (sulfide) groups is 1. The summed E-state index contributed by atoms with van der Waals surface area (Å²) in [4.78, 5) is 17.0. The average Bonchev–Trinajstić information content (AvgIpc) is 3.28. The molecule has 3 aromatic rings. The van der Waals surface area contributed by atoms with E-state index in [-0.39, 0.29) is 17.5 Å². The highest BCUT2D eigenvalue weighted by molar-refractivity contribution is 7.99. The number of benzene rings is 1. The summed E-state index contributed by atoms with van der Waals surface area (Å²) in [5.41, 5.74) is 1.49. The van der Waals surface area contributed by atoms with E-state index in [2.05, 4.69) is 15.2 Å². The summed E-state index contributed by atoms with van der Waals surface area (Å²) in [7, 11) is 0. The first-order valence-corrected chi connectivity index (χ1v) is 8.76. The highest BCUT2D eigenvalue weighted by Gasteiger charge is 2.16. The normalized spacial score (nSPS) is 10.8. The van der Waals surface area contributed by atoms with Crippen LogP contribution in [0.2, 0.25) is 0 Å². The second-order valence-electron chi connectivity index (χ2n) is 5.28. The van der Waals surface area contributed by atoms with Gasteiger partial charge >= 0.3 is 0 Å². The summed E-state index contributed by atoms with van der Waals surface area (Å²) in [6, 6.07) is 9.91. The number of carbonyl (C=O) groups is 1. The Kier molecular flexibility index (Phi) is 5.49. The van der Waals surface area contributed by atoms with Crippen LogP contribution in [0.5, 0.6) is 0 Å². The van der Waals surface area contributed by atoms with E-state index in [1.54, 1.807) is 23.2 Å². The second kappa shape index (κ2) is 7.98. The molecule has 8 heteroatoms. The van der Waals surface area contributed by atoms with Gasteiger partial charge in [0.25, 0.3) is 11.1 Å². The Morgan fingerprint density at radius 1 is 1.32 bits per heavy atom. The van der Waals surface area contributed by atoms with Crippen molar-refractivity contribution in [3.8, 4) is 11.6 Å². The largest absolute Gasteiger partial charge is 0.410 e. The van der Waals surface area contributed by atoms with E-state index in [0.717, 1.165) is 11.3 Å². The molecule has 0 atom stereocenters. The van der Waals surface area contributed by atoms with Gasteiger partial charge in [0.1, 0.15) is 11.5 Å². The van der Waals surface area contributed by atoms with Crippen LogP contribution < -0.4 is 0 Å². The van der Waals surface area contributed by atoms with Gasteiger partial charge in [-0.3, -0.25) is 4.79 Å². The number of H-pyrrole nitrogens is 1. The molecule has 0 spiro atoms. The van der Waals surface area contributed by atoms with Gasteiger partial charge in [0, 0.05) is 19.3 Å². The number of aromatic amines is 1. The summed E-state index contributed by atoms with van der Waals surface area (Å²) < 4.78 is 18.8. The average molecular weight is 360 g/mol. The van der Waals surface area contributed by atoms with Crippen molar-refractivity contribution in [3.63, 3.8) is 0 Å². The molecule has 0 aliphatic rings. The van der Waals surface area contributed by atoms with Crippen molar-refractivity contribution in [1.29, 1.82) is 0 Å². The Labute approximate surface area is 148 Å². The summed E-state index contributed by atoms with van der Waals surface area (Å²) in [5, 5.41) is 8.21. The van der Waals surface area contributed by atoms with Crippen LogP contribution in [0.4, 0.5) is 4.39 Å². The highest BCUT2D eigenvalue weighted by atomic mass is 32.2. The van der Waals surface area contributed by atoms with Crippen molar-refractivity contribution in [2.45, 2.75) is 18.7 Å². The van der Waals surface area contributed by atoms with Gasteiger partial charge in [-0.05, 0) is 36.8 Å². The van der Waals surface area contributed by atoms with Gasteiger partial charge in [-0.2, -0.15) is 0 Å². The van der Waals surface area contributed by atoms with Crippen LogP contribution in [0.25, 0.3) is 11.6 Å². The molecule has 0 aliphatic heterocycles. The zero-order valence-electron chi connectivity index (χ0n) is 13.6. The summed E-state index contributed by atoms with van der Waals surface area (Å²) >= 11 is 1.18. The van der Waals surface area contributed by atoms with Crippen LogP contribution in [0, 0.1) is 5.82 Å². The van der Waals surface area contributed by atoms with Crippen molar-refractivity contribution >= 4 is 17.7 Å².